The van der Waals surface area contributed by atoms with Gasteiger partial charge in [0.05, 0.1) is 26.6 Å². The van der Waals surface area contributed by atoms with Gasteiger partial charge >= 0.3 is 0 Å². The molecular weight excluding hydrogens is 452 g/mol. The number of carbonyl (C=O) groups is 1. The Morgan fingerprint density at radius 3 is 2.72 bits per heavy atom. The smallest absolute Gasteiger partial charge is 0.248 e. The maximum Gasteiger partial charge on any atom is 0.248 e. The summed E-state index contributed by atoms with van der Waals surface area (Å²) in [6, 6.07) is 7.71. The number of rotatable bonds is 6. The van der Waals surface area contributed by atoms with Crippen LogP contribution in [0.2, 0.25) is 10.0 Å². The number of benzene rings is 2. The summed E-state index contributed by atoms with van der Waals surface area (Å²) in [5.74, 6) is -0.361. The number of amides is 1. The second-order valence-corrected chi connectivity index (χ2v) is 8.34. The van der Waals surface area contributed by atoms with Crippen LogP contribution in [0.3, 0.4) is 0 Å². The number of hydrogen-bond acceptors (Lipinski definition) is 5. The van der Waals surface area contributed by atoms with Crippen LogP contribution in [0.4, 0.5) is 21.6 Å². The summed E-state index contributed by atoms with van der Waals surface area (Å²) in [7, 11) is 0. The Labute approximate surface area is 195 Å². The van der Waals surface area contributed by atoms with Gasteiger partial charge in [-0.1, -0.05) is 35.7 Å². The first-order valence-electron chi connectivity index (χ1n) is 10.4. The Bertz CT molecular complexity index is 1160. The molecule has 1 aliphatic heterocycles. The highest BCUT2D eigenvalue weighted by molar-refractivity contribution is 6.39. The van der Waals surface area contributed by atoms with Gasteiger partial charge in [-0.15, -0.1) is 0 Å². The lowest BCUT2D eigenvalue weighted by molar-refractivity contribution is -0.111. The van der Waals surface area contributed by atoms with Crippen molar-refractivity contribution in [3.8, 4) is 0 Å². The normalized spacial score (nSPS) is 14.7. The molecule has 0 unspecified atom stereocenters. The van der Waals surface area contributed by atoms with Gasteiger partial charge in [0.2, 0.25) is 5.91 Å². The first kappa shape index (κ1) is 22.5. The van der Waals surface area contributed by atoms with Crippen molar-refractivity contribution in [2.75, 3.05) is 30.3 Å². The number of nitrogens with one attached hydrogen (secondary N) is 2. The zero-order valence-corrected chi connectivity index (χ0v) is 18.8. The van der Waals surface area contributed by atoms with Crippen molar-refractivity contribution in [2.45, 2.75) is 19.3 Å². The summed E-state index contributed by atoms with van der Waals surface area (Å²) in [5.41, 5.74) is 1.59. The molecule has 1 amide bonds. The Hall–Kier alpha value is -2.74. The second-order valence-electron chi connectivity index (χ2n) is 7.55. The molecule has 2 aromatic carbocycles. The van der Waals surface area contributed by atoms with Crippen LogP contribution in [0, 0.1) is 5.82 Å². The summed E-state index contributed by atoms with van der Waals surface area (Å²) in [5, 5.41) is 6.73. The van der Waals surface area contributed by atoms with Gasteiger partial charge in [-0.3, -0.25) is 9.69 Å². The zero-order valence-electron chi connectivity index (χ0n) is 17.2. The SMILES string of the molecule is O=C(/C=C/CN1CCCCC1)Nc1ccc2ncnc(Nc3ccc(F)c(Cl)c3)c2c1Cl. The minimum Gasteiger partial charge on any atom is -0.340 e. The van der Waals surface area contributed by atoms with E-state index in [1.54, 1.807) is 18.2 Å². The topological polar surface area (TPSA) is 70.2 Å². The average molecular weight is 474 g/mol. The van der Waals surface area contributed by atoms with E-state index in [4.69, 9.17) is 23.2 Å². The van der Waals surface area contributed by atoms with Gasteiger partial charge in [0, 0.05) is 18.3 Å². The maximum atomic E-state index is 13.5. The number of carbonyl (C=O) groups excluding carboxylic acids is 1. The minimum atomic E-state index is -0.513. The molecule has 9 heteroatoms. The fraction of sp³-hybridized carbons (Fsp3) is 0.261. The Balaban J connectivity index is 1.52. The molecule has 0 spiro atoms. The van der Waals surface area contributed by atoms with E-state index in [1.165, 1.54) is 43.8 Å². The first-order chi connectivity index (χ1) is 15.5. The molecule has 0 atom stereocenters. The predicted octanol–water partition coefficient (Wildman–Crippen LogP) is 5.80. The minimum absolute atomic E-state index is 0.0104. The largest absolute Gasteiger partial charge is 0.340 e. The third-order valence-corrected chi connectivity index (χ3v) is 5.94. The summed E-state index contributed by atoms with van der Waals surface area (Å²) in [6.07, 6.45) is 8.47. The standard InChI is InChI=1S/C23H22Cl2FN5O/c24-16-13-15(6-7-17(16)26)29-23-21-18(27-14-28-23)8-9-19(22(21)25)30-20(32)5-4-12-31-10-2-1-3-11-31/h4-9,13-14H,1-3,10-12H2,(H,30,32)(H,27,28,29)/b5-4+. The van der Waals surface area contributed by atoms with Crippen LogP contribution in [0.15, 0.2) is 48.8 Å². The molecule has 1 saturated heterocycles. The molecule has 1 aliphatic rings. The second kappa shape index (κ2) is 10.3. The lowest BCUT2D eigenvalue weighted by atomic mass is 10.1. The lowest BCUT2D eigenvalue weighted by Gasteiger charge is -2.24. The van der Waals surface area contributed by atoms with E-state index in [0.717, 1.165) is 19.6 Å². The maximum absolute atomic E-state index is 13.5. The average Bonchev–Trinajstić information content (AvgIpc) is 2.79. The van der Waals surface area contributed by atoms with E-state index in [0.29, 0.717) is 33.1 Å². The van der Waals surface area contributed by atoms with Crippen molar-refractivity contribution >= 4 is 57.2 Å². The predicted molar refractivity (Wildman–Crippen MR) is 127 cm³/mol. The summed E-state index contributed by atoms with van der Waals surface area (Å²) in [4.78, 5) is 23.2. The molecule has 0 radical (unpaired) electrons. The van der Waals surface area contributed by atoms with Crippen LogP contribution < -0.4 is 10.6 Å². The number of hydrogen-bond donors (Lipinski definition) is 2. The molecule has 0 saturated carbocycles. The highest BCUT2D eigenvalue weighted by Crippen LogP contribution is 2.35. The molecule has 32 heavy (non-hydrogen) atoms. The summed E-state index contributed by atoms with van der Waals surface area (Å²) >= 11 is 12.5. The molecule has 166 valence electrons. The van der Waals surface area contributed by atoms with Crippen LogP contribution in [-0.2, 0) is 4.79 Å². The third kappa shape index (κ3) is 5.35. The van der Waals surface area contributed by atoms with Gasteiger partial charge in [-0.05, 0) is 56.3 Å². The molecule has 0 bridgehead atoms. The highest BCUT2D eigenvalue weighted by Gasteiger charge is 2.14. The number of halogens is 3. The van der Waals surface area contributed by atoms with E-state index in [1.807, 2.05) is 6.08 Å². The van der Waals surface area contributed by atoms with Gasteiger partial charge in [-0.2, -0.15) is 0 Å². The molecule has 0 aliphatic carbocycles. The third-order valence-electron chi connectivity index (χ3n) is 5.26. The van der Waals surface area contributed by atoms with E-state index < -0.39 is 5.82 Å². The van der Waals surface area contributed by atoms with Crippen LogP contribution >= 0.6 is 23.2 Å². The van der Waals surface area contributed by atoms with E-state index in [9.17, 15) is 9.18 Å². The van der Waals surface area contributed by atoms with Crippen LogP contribution in [0.1, 0.15) is 19.3 Å². The van der Waals surface area contributed by atoms with E-state index >= 15 is 0 Å². The fourth-order valence-corrected chi connectivity index (χ4v) is 4.12. The van der Waals surface area contributed by atoms with Crippen LogP contribution in [0.25, 0.3) is 10.9 Å². The van der Waals surface area contributed by atoms with Gasteiger partial charge in [0.15, 0.2) is 0 Å². The first-order valence-corrected chi connectivity index (χ1v) is 11.1. The zero-order chi connectivity index (χ0) is 22.5. The lowest BCUT2D eigenvalue weighted by Crippen LogP contribution is -2.29. The van der Waals surface area contributed by atoms with E-state index in [2.05, 4.69) is 25.5 Å². The van der Waals surface area contributed by atoms with Crippen LogP contribution in [-0.4, -0.2) is 40.4 Å². The molecule has 2 N–H and O–H groups in total. The number of aromatic nitrogens is 2. The van der Waals surface area contributed by atoms with Crippen LogP contribution in [0.5, 0.6) is 0 Å². The summed E-state index contributed by atoms with van der Waals surface area (Å²) < 4.78 is 13.5. The number of anilines is 3. The number of likely N-dealkylation sites (tertiary alicyclic amines) is 1. The van der Waals surface area contributed by atoms with Gasteiger partial charge < -0.3 is 10.6 Å². The number of fused-ring (bicyclic) bond motifs is 1. The number of nitrogens with zero attached hydrogens (tertiary/aromatic N) is 3. The molecule has 1 aromatic heterocycles. The molecular formula is C23H22Cl2FN5O. The molecule has 4 rings (SSSR count). The van der Waals surface area contributed by atoms with Gasteiger partial charge in [0.25, 0.3) is 0 Å². The molecule has 2 heterocycles. The Kier molecular flexibility index (Phi) is 7.19. The number of piperidine rings is 1. The van der Waals surface area contributed by atoms with Crippen molar-refractivity contribution in [3.05, 3.63) is 64.7 Å². The van der Waals surface area contributed by atoms with Gasteiger partial charge in [0.1, 0.15) is 18.0 Å². The quantitative estimate of drug-likeness (QED) is 0.442. The summed E-state index contributed by atoms with van der Waals surface area (Å²) in [6.45, 7) is 2.88. The fourth-order valence-electron chi connectivity index (χ4n) is 3.64. The molecule has 1 fully saturated rings. The van der Waals surface area contributed by atoms with E-state index in [-0.39, 0.29) is 10.9 Å². The monoisotopic (exact) mass is 473 g/mol. The Morgan fingerprint density at radius 2 is 1.94 bits per heavy atom. The van der Waals surface area contributed by atoms with Crippen molar-refractivity contribution in [3.63, 3.8) is 0 Å². The molecule has 6 nitrogen and oxygen atoms in total. The van der Waals surface area contributed by atoms with Gasteiger partial charge in [-0.25, -0.2) is 14.4 Å². The highest BCUT2D eigenvalue weighted by atomic mass is 35.5. The van der Waals surface area contributed by atoms with Crippen molar-refractivity contribution in [1.29, 1.82) is 0 Å². The Morgan fingerprint density at radius 1 is 1.12 bits per heavy atom. The van der Waals surface area contributed by atoms with Crippen molar-refractivity contribution < 1.29 is 9.18 Å². The van der Waals surface area contributed by atoms with Crippen molar-refractivity contribution in [2.24, 2.45) is 0 Å². The molecule has 3 aromatic rings. The van der Waals surface area contributed by atoms with Crippen molar-refractivity contribution in [1.82, 2.24) is 14.9 Å².